The Morgan fingerprint density at radius 3 is 2.52 bits per heavy atom. The van der Waals surface area contributed by atoms with Crippen LogP contribution in [0, 0.1) is 23.2 Å². The fourth-order valence-electron chi connectivity index (χ4n) is 3.52. The number of rotatable bonds is 2. The van der Waals surface area contributed by atoms with Crippen LogP contribution in [0.2, 0.25) is 0 Å². The zero-order chi connectivity index (χ0) is 15.0. The minimum Gasteiger partial charge on any atom is -0.327 e. The molecule has 21 heavy (non-hydrogen) atoms. The lowest BCUT2D eigenvalue weighted by atomic mass is 9.78. The van der Waals surface area contributed by atoms with Gasteiger partial charge in [0.25, 0.3) is 0 Å². The summed E-state index contributed by atoms with van der Waals surface area (Å²) in [5.74, 6) is 0.675. The quantitative estimate of drug-likeness (QED) is 0.892. The highest BCUT2D eigenvalue weighted by atomic mass is 32.2. The zero-order valence-electron chi connectivity index (χ0n) is 11.8. The fourth-order valence-corrected chi connectivity index (χ4v) is 5.06. The van der Waals surface area contributed by atoms with Crippen LogP contribution >= 0.6 is 0 Å². The molecule has 2 N–H and O–H groups in total. The second-order valence-electron chi connectivity index (χ2n) is 5.98. The molecule has 2 aliphatic rings. The molecule has 1 aliphatic carbocycles. The summed E-state index contributed by atoms with van der Waals surface area (Å²) < 4.78 is 26.9. The second-order valence-corrected chi connectivity index (χ2v) is 7.91. The van der Waals surface area contributed by atoms with Gasteiger partial charge in [-0.2, -0.15) is 9.57 Å². The molecule has 0 radical (unpaired) electrons. The van der Waals surface area contributed by atoms with E-state index >= 15 is 0 Å². The van der Waals surface area contributed by atoms with Crippen LogP contribution in [0.1, 0.15) is 24.8 Å². The van der Waals surface area contributed by atoms with E-state index in [1.54, 1.807) is 16.4 Å². The zero-order valence-corrected chi connectivity index (χ0v) is 12.6. The van der Waals surface area contributed by atoms with Crippen molar-refractivity contribution in [3.8, 4) is 6.07 Å². The van der Waals surface area contributed by atoms with Crippen LogP contribution in [0.5, 0.6) is 0 Å². The van der Waals surface area contributed by atoms with Crippen LogP contribution in [-0.4, -0.2) is 31.9 Å². The highest BCUT2D eigenvalue weighted by Gasteiger charge is 2.43. The van der Waals surface area contributed by atoms with Crippen LogP contribution in [0.4, 0.5) is 0 Å². The molecule has 1 aromatic carbocycles. The standard InChI is InChI=1S/C15H19N3O2S/c16-8-11-4-6-13(7-5-11)21(19,20)18-9-12-2-1-3-15(17)14(12)10-18/h4-7,12,14-15H,1-3,9-10,17H2. The monoisotopic (exact) mass is 305 g/mol. The van der Waals surface area contributed by atoms with Gasteiger partial charge >= 0.3 is 0 Å². The van der Waals surface area contributed by atoms with E-state index in [2.05, 4.69) is 0 Å². The predicted octanol–water partition coefficient (Wildman–Crippen LogP) is 1.31. The number of sulfonamides is 1. The normalized spacial score (nSPS) is 29.8. The third-order valence-electron chi connectivity index (χ3n) is 4.74. The van der Waals surface area contributed by atoms with Crippen LogP contribution in [-0.2, 0) is 10.0 Å². The largest absolute Gasteiger partial charge is 0.327 e. The van der Waals surface area contributed by atoms with Gasteiger partial charge in [-0.1, -0.05) is 6.42 Å². The maximum atomic E-state index is 12.7. The number of nitriles is 1. The van der Waals surface area contributed by atoms with Gasteiger partial charge in [-0.15, -0.1) is 0 Å². The summed E-state index contributed by atoms with van der Waals surface area (Å²) in [5.41, 5.74) is 6.61. The third kappa shape index (κ3) is 2.57. The van der Waals surface area contributed by atoms with Crippen molar-refractivity contribution in [3.63, 3.8) is 0 Å². The Labute approximate surface area is 125 Å². The fraction of sp³-hybridized carbons (Fsp3) is 0.533. The average Bonchev–Trinajstić information content (AvgIpc) is 2.94. The molecule has 1 saturated heterocycles. The van der Waals surface area contributed by atoms with Crippen molar-refractivity contribution >= 4 is 10.0 Å². The van der Waals surface area contributed by atoms with Crippen molar-refractivity contribution in [2.75, 3.05) is 13.1 Å². The molecule has 1 aromatic rings. The van der Waals surface area contributed by atoms with E-state index in [-0.39, 0.29) is 16.9 Å². The molecular weight excluding hydrogens is 286 g/mol. The second kappa shape index (κ2) is 5.41. The molecule has 3 unspecified atom stereocenters. The molecule has 0 bridgehead atoms. The number of nitrogens with zero attached hydrogens (tertiary/aromatic N) is 2. The third-order valence-corrected chi connectivity index (χ3v) is 6.59. The smallest absolute Gasteiger partial charge is 0.243 e. The Bertz CT molecular complexity index is 663. The Morgan fingerprint density at radius 1 is 1.19 bits per heavy atom. The molecule has 1 aliphatic heterocycles. The molecule has 0 amide bonds. The van der Waals surface area contributed by atoms with Gasteiger partial charge < -0.3 is 5.73 Å². The number of fused-ring (bicyclic) bond motifs is 1. The predicted molar refractivity (Wildman–Crippen MR) is 78.7 cm³/mol. The van der Waals surface area contributed by atoms with Gasteiger partial charge in [0.2, 0.25) is 10.0 Å². The van der Waals surface area contributed by atoms with Gasteiger partial charge in [0.1, 0.15) is 0 Å². The maximum Gasteiger partial charge on any atom is 0.243 e. The Kier molecular flexibility index (Phi) is 3.74. The van der Waals surface area contributed by atoms with Crippen molar-refractivity contribution in [3.05, 3.63) is 29.8 Å². The minimum absolute atomic E-state index is 0.116. The first-order valence-corrected chi connectivity index (χ1v) is 8.72. The van der Waals surface area contributed by atoms with Gasteiger partial charge in [0, 0.05) is 19.1 Å². The number of nitrogens with two attached hydrogens (primary N) is 1. The molecule has 5 nitrogen and oxygen atoms in total. The summed E-state index contributed by atoms with van der Waals surface area (Å²) in [6.45, 7) is 1.09. The van der Waals surface area contributed by atoms with E-state index in [4.69, 9.17) is 11.0 Å². The van der Waals surface area contributed by atoms with Crippen molar-refractivity contribution in [2.24, 2.45) is 17.6 Å². The Hall–Kier alpha value is -1.42. The van der Waals surface area contributed by atoms with E-state index in [1.165, 1.54) is 12.1 Å². The van der Waals surface area contributed by atoms with Crippen LogP contribution in [0.25, 0.3) is 0 Å². The van der Waals surface area contributed by atoms with Crippen LogP contribution in [0.15, 0.2) is 29.2 Å². The molecule has 0 spiro atoms. The summed E-state index contributed by atoms with van der Waals surface area (Å²) in [5, 5.41) is 8.79. The average molecular weight is 305 g/mol. The number of hydrogen-bond donors (Lipinski definition) is 1. The minimum atomic E-state index is -3.48. The Balaban J connectivity index is 1.84. The lowest BCUT2D eigenvalue weighted by Crippen LogP contribution is -2.38. The van der Waals surface area contributed by atoms with Crippen molar-refractivity contribution in [1.82, 2.24) is 4.31 Å². The maximum absolute atomic E-state index is 12.7. The summed E-state index contributed by atoms with van der Waals surface area (Å²) in [4.78, 5) is 0.258. The Morgan fingerprint density at radius 2 is 1.90 bits per heavy atom. The molecule has 0 aromatic heterocycles. The van der Waals surface area contributed by atoms with Gasteiger partial charge in [-0.25, -0.2) is 8.42 Å². The van der Waals surface area contributed by atoms with Gasteiger partial charge in [-0.05, 0) is 48.9 Å². The molecule has 1 saturated carbocycles. The first-order valence-electron chi connectivity index (χ1n) is 7.28. The van der Waals surface area contributed by atoms with E-state index in [0.29, 0.717) is 24.6 Å². The SMILES string of the molecule is N#Cc1ccc(S(=O)(=O)N2CC3CCCC(N)C3C2)cc1. The van der Waals surface area contributed by atoms with Crippen LogP contribution < -0.4 is 5.73 Å². The van der Waals surface area contributed by atoms with Gasteiger partial charge in [0.15, 0.2) is 0 Å². The van der Waals surface area contributed by atoms with Gasteiger partial charge in [-0.3, -0.25) is 0 Å². The highest BCUT2D eigenvalue weighted by molar-refractivity contribution is 7.89. The first-order chi connectivity index (χ1) is 10.0. The van der Waals surface area contributed by atoms with E-state index in [9.17, 15) is 8.42 Å². The molecule has 3 atom stereocenters. The topological polar surface area (TPSA) is 87.2 Å². The summed E-state index contributed by atoms with van der Waals surface area (Å²) in [7, 11) is -3.48. The number of hydrogen-bond acceptors (Lipinski definition) is 4. The molecule has 2 fully saturated rings. The van der Waals surface area contributed by atoms with E-state index in [1.807, 2.05) is 6.07 Å². The summed E-state index contributed by atoms with van der Waals surface area (Å²) in [6.07, 6.45) is 3.15. The first kappa shape index (κ1) is 14.5. The molecular formula is C15H19N3O2S. The molecule has 1 heterocycles. The van der Waals surface area contributed by atoms with Crippen molar-refractivity contribution in [2.45, 2.75) is 30.2 Å². The van der Waals surface area contributed by atoms with Crippen LogP contribution in [0.3, 0.4) is 0 Å². The summed E-state index contributed by atoms with van der Waals surface area (Å²) >= 11 is 0. The molecule has 112 valence electrons. The van der Waals surface area contributed by atoms with E-state index < -0.39 is 10.0 Å². The van der Waals surface area contributed by atoms with Gasteiger partial charge in [0.05, 0.1) is 16.5 Å². The number of benzene rings is 1. The molecule has 6 heteroatoms. The summed E-state index contributed by atoms with van der Waals surface area (Å²) in [6, 6.07) is 8.22. The van der Waals surface area contributed by atoms with E-state index in [0.717, 1.165) is 19.3 Å². The lowest BCUT2D eigenvalue weighted by Gasteiger charge is -2.29. The van der Waals surface area contributed by atoms with Crippen molar-refractivity contribution < 1.29 is 8.42 Å². The highest BCUT2D eigenvalue weighted by Crippen LogP contribution is 2.37. The van der Waals surface area contributed by atoms with Crippen molar-refractivity contribution in [1.29, 1.82) is 5.26 Å². The lowest BCUT2D eigenvalue weighted by molar-refractivity contribution is 0.260. The molecule has 3 rings (SSSR count).